The van der Waals surface area contributed by atoms with Crippen LogP contribution in [-0.4, -0.2) is 41.6 Å². The van der Waals surface area contributed by atoms with E-state index in [-0.39, 0.29) is 22.1 Å². The van der Waals surface area contributed by atoms with Gasteiger partial charge in [0.05, 0.1) is 22.1 Å². The predicted molar refractivity (Wildman–Crippen MR) is 98.5 cm³/mol. The molecule has 9 heteroatoms. The summed E-state index contributed by atoms with van der Waals surface area (Å²) < 4.78 is 12.0. The molecule has 0 amide bonds. The number of nitro groups is 1. The van der Waals surface area contributed by atoms with Gasteiger partial charge in [0.1, 0.15) is 0 Å². The van der Waals surface area contributed by atoms with E-state index < -0.39 is 17.5 Å². The lowest BCUT2D eigenvalue weighted by molar-refractivity contribution is -0.384. The monoisotopic (exact) mass is 394 g/mol. The normalized spacial score (nSPS) is 10.7. The summed E-state index contributed by atoms with van der Waals surface area (Å²) in [5, 5.41) is 10.6. The van der Waals surface area contributed by atoms with E-state index in [1.54, 1.807) is 13.2 Å². The van der Waals surface area contributed by atoms with Crippen molar-refractivity contribution in [2.75, 3.05) is 20.3 Å². The molecule has 27 heavy (non-hydrogen) atoms. The van der Waals surface area contributed by atoms with E-state index in [9.17, 15) is 19.7 Å². The third-order valence-electron chi connectivity index (χ3n) is 4.11. The Morgan fingerprint density at radius 3 is 2.52 bits per heavy atom. The van der Waals surface area contributed by atoms with Gasteiger partial charge in [-0.25, -0.2) is 4.79 Å². The number of rotatable bonds is 8. The van der Waals surface area contributed by atoms with Gasteiger partial charge in [-0.05, 0) is 26.0 Å². The largest absolute Gasteiger partial charge is 0.454 e. The van der Waals surface area contributed by atoms with Crippen LogP contribution in [-0.2, 0) is 16.0 Å². The first-order valence-corrected chi connectivity index (χ1v) is 8.44. The zero-order valence-electron chi connectivity index (χ0n) is 15.2. The van der Waals surface area contributed by atoms with Gasteiger partial charge in [0.2, 0.25) is 5.78 Å². The van der Waals surface area contributed by atoms with Crippen LogP contribution in [0.2, 0.25) is 5.02 Å². The van der Waals surface area contributed by atoms with Crippen LogP contribution in [0.5, 0.6) is 0 Å². The van der Waals surface area contributed by atoms with Crippen molar-refractivity contribution in [2.24, 2.45) is 0 Å². The maximum atomic E-state index is 12.4. The first-order valence-electron chi connectivity index (χ1n) is 8.06. The second-order valence-electron chi connectivity index (χ2n) is 5.85. The minimum atomic E-state index is -0.823. The molecule has 0 saturated carbocycles. The van der Waals surface area contributed by atoms with Crippen LogP contribution in [0.4, 0.5) is 5.69 Å². The van der Waals surface area contributed by atoms with Crippen LogP contribution in [0.3, 0.4) is 0 Å². The highest BCUT2D eigenvalue weighted by molar-refractivity contribution is 6.33. The first-order chi connectivity index (χ1) is 12.8. The number of ketones is 1. The first kappa shape index (κ1) is 20.6. The molecule has 144 valence electrons. The zero-order valence-corrected chi connectivity index (χ0v) is 15.9. The molecule has 1 aromatic carbocycles. The van der Waals surface area contributed by atoms with E-state index >= 15 is 0 Å². The second kappa shape index (κ2) is 8.79. The number of Topliss-reactive ketones (excluding diaryl/α,β-unsaturated/α-hetero) is 1. The number of nitro benzene ring substituents is 1. The lowest BCUT2D eigenvalue weighted by atomic mass is 10.1. The number of halogens is 1. The molecule has 0 N–H and O–H groups in total. The second-order valence-corrected chi connectivity index (χ2v) is 6.26. The van der Waals surface area contributed by atoms with Gasteiger partial charge in [-0.1, -0.05) is 11.6 Å². The van der Waals surface area contributed by atoms with E-state index in [0.29, 0.717) is 18.7 Å². The standard InChI is InChI=1S/C18H19ClN2O6/c1-11-8-15(12(2)20(11)6-7-26-3)17(22)10-27-18(23)14-5-4-13(21(24)25)9-16(14)19/h4-5,8-9H,6-7,10H2,1-3H3. The van der Waals surface area contributed by atoms with E-state index in [2.05, 4.69) is 0 Å². The van der Waals surface area contributed by atoms with Crippen molar-refractivity contribution < 1.29 is 24.0 Å². The molecule has 0 aliphatic rings. The van der Waals surface area contributed by atoms with Gasteiger partial charge in [0, 0.05) is 42.7 Å². The number of nitrogens with zero attached hydrogens (tertiary/aromatic N) is 2. The van der Waals surface area contributed by atoms with Crippen LogP contribution >= 0.6 is 11.6 Å². The van der Waals surface area contributed by atoms with Crippen molar-refractivity contribution in [3.8, 4) is 0 Å². The van der Waals surface area contributed by atoms with E-state index in [4.69, 9.17) is 21.1 Å². The summed E-state index contributed by atoms with van der Waals surface area (Å²) in [4.78, 5) is 34.6. The number of aryl methyl sites for hydroxylation is 1. The number of benzene rings is 1. The quantitative estimate of drug-likeness (QED) is 0.294. The molecule has 0 saturated heterocycles. The number of ether oxygens (including phenoxy) is 2. The fourth-order valence-electron chi connectivity index (χ4n) is 2.68. The number of esters is 1. The van der Waals surface area contributed by atoms with Crippen LogP contribution in [0, 0.1) is 24.0 Å². The molecular weight excluding hydrogens is 376 g/mol. The maximum absolute atomic E-state index is 12.4. The number of hydrogen-bond acceptors (Lipinski definition) is 6. The highest BCUT2D eigenvalue weighted by atomic mass is 35.5. The van der Waals surface area contributed by atoms with Crippen molar-refractivity contribution in [3.63, 3.8) is 0 Å². The van der Waals surface area contributed by atoms with E-state index in [1.807, 2.05) is 18.4 Å². The van der Waals surface area contributed by atoms with Crippen LogP contribution in [0.15, 0.2) is 24.3 Å². The lowest BCUT2D eigenvalue weighted by Gasteiger charge is -2.09. The van der Waals surface area contributed by atoms with Crippen molar-refractivity contribution in [3.05, 3.63) is 61.9 Å². The van der Waals surface area contributed by atoms with Gasteiger partial charge >= 0.3 is 5.97 Å². The molecule has 0 aliphatic heterocycles. The van der Waals surface area contributed by atoms with Crippen molar-refractivity contribution in [1.82, 2.24) is 4.57 Å². The number of carbonyl (C=O) groups is 2. The Kier molecular flexibility index (Phi) is 6.70. The average Bonchev–Trinajstić information content (AvgIpc) is 2.91. The van der Waals surface area contributed by atoms with Gasteiger partial charge in [-0.3, -0.25) is 14.9 Å². The molecule has 1 heterocycles. The Morgan fingerprint density at radius 1 is 1.22 bits per heavy atom. The number of non-ortho nitro benzene ring substituents is 1. The zero-order chi connectivity index (χ0) is 20.1. The topological polar surface area (TPSA) is 101 Å². The highest BCUT2D eigenvalue weighted by Crippen LogP contribution is 2.23. The smallest absolute Gasteiger partial charge is 0.340 e. The Morgan fingerprint density at radius 2 is 1.93 bits per heavy atom. The van der Waals surface area contributed by atoms with Crippen molar-refractivity contribution in [1.29, 1.82) is 0 Å². The maximum Gasteiger partial charge on any atom is 0.340 e. The molecule has 2 aromatic rings. The Bertz CT molecular complexity index is 890. The molecule has 0 radical (unpaired) electrons. The van der Waals surface area contributed by atoms with Gasteiger partial charge in [-0.15, -0.1) is 0 Å². The molecule has 2 rings (SSSR count). The SMILES string of the molecule is COCCn1c(C)cc(C(=O)COC(=O)c2ccc([N+](=O)[O-])cc2Cl)c1C. The van der Waals surface area contributed by atoms with Crippen molar-refractivity contribution in [2.45, 2.75) is 20.4 Å². The summed E-state index contributed by atoms with van der Waals surface area (Å²) >= 11 is 5.89. The minimum Gasteiger partial charge on any atom is -0.454 e. The molecule has 0 unspecified atom stereocenters. The molecule has 0 spiro atoms. The number of hydrogen-bond donors (Lipinski definition) is 0. The summed E-state index contributed by atoms with van der Waals surface area (Å²) in [7, 11) is 1.60. The number of methoxy groups -OCH3 is 1. The fourth-order valence-corrected chi connectivity index (χ4v) is 2.93. The van der Waals surface area contributed by atoms with Gasteiger partial charge < -0.3 is 14.0 Å². The van der Waals surface area contributed by atoms with E-state index in [0.717, 1.165) is 23.5 Å². The van der Waals surface area contributed by atoms with Crippen molar-refractivity contribution >= 4 is 29.0 Å². The Labute approximate surface area is 160 Å². The molecule has 0 fully saturated rings. The van der Waals surface area contributed by atoms with E-state index in [1.165, 1.54) is 6.07 Å². The lowest BCUT2D eigenvalue weighted by Crippen LogP contribution is -2.16. The summed E-state index contributed by atoms with van der Waals surface area (Å²) in [5.74, 6) is -1.17. The van der Waals surface area contributed by atoms with Crippen LogP contribution < -0.4 is 0 Å². The van der Waals surface area contributed by atoms with Crippen LogP contribution in [0.25, 0.3) is 0 Å². The minimum absolute atomic E-state index is 0.0411. The van der Waals surface area contributed by atoms with Crippen LogP contribution in [0.1, 0.15) is 32.1 Å². The molecule has 0 bridgehead atoms. The summed E-state index contributed by atoms with van der Waals surface area (Å²) in [5.41, 5.74) is 1.85. The highest BCUT2D eigenvalue weighted by Gasteiger charge is 2.20. The summed E-state index contributed by atoms with van der Waals surface area (Å²) in [6, 6.07) is 5.14. The fraction of sp³-hybridized carbons (Fsp3) is 0.333. The molecule has 8 nitrogen and oxygen atoms in total. The number of aromatic nitrogens is 1. The molecular formula is C18H19ClN2O6. The third-order valence-corrected chi connectivity index (χ3v) is 4.42. The summed E-state index contributed by atoms with van der Waals surface area (Å²) in [6.07, 6.45) is 0. The Balaban J connectivity index is 2.07. The molecule has 1 aromatic heterocycles. The van der Waals surface area contributed by atoms with Gasteiger partial charge in [-0.2, -0.15) is 0 Å². The molecule has 0 atom stereocenters. The van der Waals surface area contributed by atoms with Gasteiger partial charge in [0.25, 0.3) is 5.69 Å². The predicted octanol–water partition coefficient (Wildman–Crippen LogP) is 3.35. The number of carbonyl (C=O) groups excluding carboxylic acids is 2. The third kappa shape index (κ3) is 4.72. The average molecular weight is 395 g/mol. The Hall–Kier alpha value is -2.71. The van der Waals surface area contributed by atoms with Gasteiger partial charge in [0.15, 0.2) is 6.61 Å². The molecule has 0 aliphatic carbocycles. The summed E-state index contributed by atoms with van der Waals surface area (Å²) in [6.45, 7) is 4.35.